The van der Waals surface area contributed by atoms with Crippen molar-refractivity contribution in [2.45, 2.75) is 37.8 Å². The SMILES string of the molecule is CC(C)(O/N=C(\C(=O)C[C@@H]1C(=O)N2C(C(=O)O)=C(C[n+]3ccccc3)CS[C@H]12)c1nsc(N)n1)C(=O)O. The van der Waals surface area contributed by atoms with Crippen LogP contribution in [0.1, 0.15) is 26.1 Å². The summed E-state index contributed by atoms with van der Waals surface area (Å²) in [5.41, 5.74) is 4.01. The van der Waals surface area contributed by atoms with Crippen LogP contribution < -0.4 is 10.3 Å². The van der Waals surface area contributed by atoms with E-state index in [9.17, 15) is 29.4 Å². The molecule has 0 spiro atoms. The highest BCUT2D eigenvalue weighted by molar-refractivity contribution is 8.00. The maximum Gasteiger partial charge on any atom is 0.352 e. The summed E-state index contributed by atoms with van der Waals surface area (Å²) in [6, 6.07) is 5.48. The van der Waals surface area contributed by atoms with Gasteiger partial charge in [0, 0.05) is 41.4 Å². The second-order valence-corrected chi connectivity index (χ2v) is 10.6. The molecular formula is C22H23N6O7S2+. The van der Waals surface area contributed by atoms with Crippen LogP contribution in [0.15, 0.2) is 47.0 Å². The summed E-state index contributed by atoms with van der Waals surface area (Å²) in [5.74, 6) is -4.30. The summed E-state index contributed by atoms with van der Waals surface area (Å²) in [6.07, 6.45) is 3.28. The first-order valence-electron chi connectivity index (χ1n) is 11.0. The van der Waals surface area contributed by atoms with E-state index < -0.39 is 40.5 Å². The monoisotopic (exact) mass is 547 g/mol. The van der Waals surface area contributed by atoms with Crippen LogP contribution >= 0.6 is 23.3 Å². The van der Waals surface area contributed by atoms with E-state index in [1.54, 1.807) is 12.4 Å². The summed E-state index contributed by atoms with van der Waals surface area (Å²) in [6.45, 7) is 2.81. The minimum Gasteiger partial charge on any atom is -0.478 e. The topological polar surface area (TPSA) is 189 Å². The molecule has 1 fully saturated rings. The normalized spacial score (nSPS) is 19.8. The number of nitrogens with two attached hydrogens (primary N) is 1. The van der Waals surface area contributed by atoms with Crippen LogP contribution in [0.4, 0.5) is 5.13 Å². The number of pyridine rings is 1. The molecule has 0 aliphatic carbocycles. The molecule has 2 aromatic rings. The molecule has 2 aliphatic rings. The predicted octanol–water partition coefficient (Wildman–Crippen LogP) is 0.521. The Morgan fingerprint density at radius 2 is 1.97 bits per heavy atom. The molecule has 0 radical (unpaired) electrons. The summed E-state index contributed by atoms with van der Waals surface area (Å²) in [7, 11) is 0. The molecular weight excluding hydrogens is 524 g/mol. The van der Waals surface area contributed by atoms with Crippen molar-refractivity contribution in [3.8, 4) is 0 Å². The van der Waals surface area contributed by atoms with Gasteiger partial charge >= 0.3 is 11.9 Å². The molecule has 15 heteroatoms. The zero-order valence-electron chi connectivity index (χ0n) is 19.7. The largest absolute Gasteiger partial charge is 0.478 e. The number of Topliss-reactive ketones (excluding diaryl/α,β-unsaturated/α-hetero) is 1. The lowest BCUT2D eigenvalue weighted by Gasteiger charge is -2.49. The van der Waals surface area contributed by atoms with Crippen molar-refractivity contribution in [3.05, 3.63) is 47.7 Å². The third-order valence-electron chi connectivity index (χ3n) is 5.71. The zero-order valence-corrected chi connectivity index (χ0v) is 21.4. The molecule has 0 unspecified atom stereocenters. The van der Waals surface area contributed by atoms with Crippen molar-refractivity contribution < 1.29 is 38.8 Å². The molecule has 0 aromatic carbocycles. The van der Waals surface area contributed by atoms with Gasteiger partial charge in [-0.2, -0.15) is 9.36 Å². The van der Waals surface area contributed by atoms with Crippen LogP contribution in [0.3, 0.4) is 0 Å². The van der Waals surface area contributed by atoms with Gasteiger partial charge in [0.1, 0.15) is 5.70 Å². The Kier molecular flexibility index (Phi) is 7.27. The fraction of sp³-hybridized carbons (Fsp3) is 0.364. The first-order chi connectivity index (χ1) is 17.5. The van der Waals surface area contributed by atoms with Crippen molar-refractivity contribution in [2.75, 3.05) is 11.5 Å². The molecule has 2 aliphatic heterocycles. The number of hydrogen-bond acceptors (Lipinski definition) is 11. The highest BCUT2D eigenvalue weighted by atomic mass is 32.2. The number of carbonyl (C=O) groups is 4. The van der Waals surface area contributed by atoms with Crippen LogP contribution in [0.2, 0.25) is 0 Å². The standard InChI is InChI=1S/C22H22N6O7S2/c1-22(2,20(33)34)35-25-14(16-24-21(23)37-26-16)13(29)8-12-17(30)28-15(19(31)32)11(10-36-18(12)28)9-27-6-4-3-5-7-27/h3-7,12,18H,8-10H2,1-2H3,(H3-,23,24,26,31,32,33,34)/p+1/b25-14+/t12-,18-/m1/s1. The van der Waals surface area contributed by atoms with E-state index >= 15 is 0 Å². The van der Waals surface area contributed by atoms with Gasteiger partial charge in [0.15, 0.2) is 35.6 Å². The van der Waals surface area contributed by atoms with Crippen molar-refractivity contribution in [2.24, 2.45) is 11.1 Å². The number of oxime groups is 1. The quantitative estimate of drug-likeness (QED) is 0.163. The van der Waals surface area contributed by atoms with Gasteiger partial charge < -0.3 is 20.8 Å². The first kappa shape index (κ1) is 26.2. The second-order valence-electron chi connectivity index (χ2n) is 8.75. The molecule has 2 atom stereocenters. The number of ketones is 1. The van der Waals surface area contributed by atoms with Gasteiger partial charge in [-0.25, -0.2) is 14.2 Å². The minimum absolute atomic E-state index is 0.0572. The Bertz CT molecular complexity index is 1320. The lowest BCUT2D eigenvalue weighted by Crippen LogP contribution is -2.62. The molecule has 2 aromatic heterocycles. The molecule has 0 bridgehead atoms. The van der Waals surface area contributed by atoms with E-state index in [1.165, 1.54) is 30.5 Å². The van der Waals surface area contributed by atoms with Crippen LogP contribution in [-0.4, -0.2) is 70.5 Å². The number of aliphatic carboxylic acids is 2. The van der Waals surface area contributed by atoms with Gasteiger partial charge in [-0.1, -0.05) is 11.2 Å². The number of carbonyl (C=O) groups excluding carboxylic acids is 2. The van der Waals surface area contributed by atoms with E-state index in [1.807, 2.05) is 22.8 Å². The van der Waals surface area contributed by atoms with E-state index in [2.05, 4.69) is 14.5 Å². The fourth-order valence-corrected chi connectivity index (χ4v) is 5.58. The first-order valence-corrected chi connectivity index (χ1v) is 12.8. The van der Waals surface area contributed by atoms with Gasteiger partial charge in [-0.15, -0.1) is 11.8 Å². The Labute approximate surface area is 218 Å². The molecule has 4 heterocycles. The smallest absolute Gasteiger partial charge is 0.352 e. The van der Waals surface area contributed by atoms with Crippen LogP contribution in [0, 0.1) is 5.92 Å². The van der Waals surface area contributed by atoms with Crippen molar-refractivity contribution in [3.63, 3.8) is 0 Å². The van der Waals surface area contributed by atoms with Gasteiger partial charge in [0.2, 0.25) is 17.3 Å². The summed E-state index contributed by atoms with van der Waals surface area (Å²) < 4.78 is 5.78. The number of carboxylic acid groups (broad SMARTS) is 2. The lowest BCUT2D eigenvalue weighted by molar-refractivity contribution is -0.689. The van der Waals surface area contributed by atoms with Crippen molar-refractivity contribution in [1.82, 2.24) is 14.3 Å². The maximum absolute atomic E-state index is 13.2. The summed E-state index contributed by atoms with van der Waals surface area (Å²) in [4.78, 5) is 60.0. The molecule has 1 saturated heterocycles. The van der Waals surface area contributed by atoms with Gasteiger partial charge in [-0.3, -0.25) is 14.5 Å². The number of rotatable bonds is 10. The fourth-order valence-electron chi connectivity index (χ4n) is 3.74. The molecule has 37 heavy (non-hydrogen) atoms. The Morgan fingerprint density at radius 1 is 1.27 bits per heavy atom. The van der Waals surface area contributed by atoms with Crippen LogP contribution in [-0.2, 0) is 30.6 Å². The summed E-state index contributed by atoms with van der Waals surface area (Å²) >= 11 is 2.18. The Balaban J connectivity index is 1.55. The van der Waals surface area contributed by atoms with E-state index in [-0.39, 0.29) is 28.8 Å². The maximum atomic E-state index is 13.2. The third kappa shape index (κ3) is 5.32. The number of nitrogen functional groups attached to an aromatic ring is 1. The van der Waals surface area contributed by atoms with Gasteiger partial charge in [0.05, 0.1) is 11.3 Å². The van der Waals surface area contributed by atoms with Crippen LogP contribution in [0.25, 0.3) is 0 Å². The molecule has 4 rings (SSSR count). The van der Waals surface area contributed by atoms with E-state index in [0.717, 1.165) is 11.5 Å². The van der Waals surface area contributed by atoms with Crippen LogP contribution in [0.5, 0.6) is 0 Å². The number of β-lactam (4-membered cyclic amide) rings is 1. The average molecular weight is 548 g/mol. The highest BCUT2D eigenvalue weighted by Gasteiger charge is 2.54. The predicted molar refractivity (Wildman–Crippen MR) is 131 cm³/mol. The van der Waals surface area contributed by atoms with Gasteiger partial charge in [-0.05, 0) is 13.8 Å². The number of fused-ring (bicyclic) bond motifs is 1. The zero-order chi connectivity index (χ0) is 26.9. The van der Waals surface area contributed by atoms with Gasteiger partial charge in [0.25, 0.3) is 0 Å². The molecule has 13 nitrogen and oxygen atoms in total. The molecule has 4 N–H and O–H groups in total. The highest BCUT2D eigenvalue weighted by Crippen LogP contribution is 2.45. The lowest BCUT2D eigenvalue weighted by atomic mass is 9.89. The number of anilines is 1. The van der Waals surface area contributed by atoms with Crippen molar-refractivity contribution in [1.29, 1.82) is 0 Å². The minimum atomic E-state index is -1.75. The third-order valence-corrected chi connectivity index (χ3v) is 7.65. The summed E-state index contributed by atoms with van der Waals surface area (Å²) in [5, 5.41) is 22.4. The van der Waals surface area contributed by atoms with Crippen molar-refractivity contribution >= 4 is 57.8 Å². The number of carboxylic acids is 2. The molecule has 194 valence electrons. The Morgan fingerprint density at radius 3 is 2.57 bits per heavy atom. The number of hydrogen-bond donors (Lipinski definition) is 3. The Hall–Kier alpha value is -3.85. The number of nitrogens with zero attached hydrogens (tertiary/aromatic N) is 5. The second kappa shape index (κ2) is 10.3. The molecule has 0 saturated carbocycles. The van der Waals surface area contributed by atoms with E-state index in [4.69, 9.17) is 10.6 Å². The number of aromatic nitrogens is 3. The van der Waals surface area contributed by atoms with E-state index in [0.29, 0.717) is 17.9 Å². The number of thioether (sulfide) groups is 1. The average Bonchev–Trinajstić information content (AvgIpc) is 3.28. The molecule has 1 amide bonds. The number of amides is 1.